The van der Waals surface area contributed by atoms with Crippen molar-refractivity contribution in [2.75, 3.05) is 10.6 Å². The molecule has 1 atom stereocenters. The number of aromatic nitrogens is 2. The second-order valence-corrected chi connectivity index (χ2v) is 8.71. The highest BCUT2D eigenvalue weighted by atomic mass is 35.5. The van der Waals surface area contributed by atoms with E-state index in [-0.39, 0.29) is 10.9 Å². The van der Waals surface area contributed by atoms with Gasteiger partial charge in [-0.05, 0) is 49.7 Å². The van der Waals surface area contributed by atoms with E-state index in [2.05, 4.69) is 20.8 Å². The Kier molecular flexibility index (Phi) is 6.30. The number of benzene rings is 2. The summed E-state index contributed by atoms with van der Waals surface area (Å²) in [6, 6.07) is 11.8. The largest absolute Gasteiger partial charge is 0.330 e. The molecule has 27 heavy (non-hydrogen) atoms. The van der Waals surface area contributed by atoms with E-state index in [0.717, 1.165) is 17.3 Å². The molecule has 0 fully saturated rings. The zero-order valence-electron chi connectivity index (χ0n) is 14.5. The highest BCUT2D eigenvalue weighted by Crippen LogP contribution is 2.31. The van der Waals surface area contributed by atoms with Gasteiger partial charge >= 0.3 is 0 Å². The van der Waals surface area contributed by atoms with E-state index in [4.69, 9.17) is 11.6 Å². The van der Waals surface area contributed by atoms with Gasteiger partial charge in [-0.3, -0.25) is 4.79 Å². The fourth-order valence-corrected chi connectivity index (χ4v) is 4.31. The number of amides is 1. The third-order valence-electron chi connectivity index (χ3n) is 3.51. The first-order valence-electron chi connectivity index (χ1n) is 8.00. The number of hydrogen-bond acceptors (Lipinski definition) is 6. The molecule has 0 aliphatic carbocycles. The minimum atomic E-state index is -0.456. The molecular weight excluding hydrogens is 407 g/mol. The van der Waals surface area contributed by atoms with Crippen LogP contribution >= 0.6 is 34.7 Å². The average molecular weight is 423 g/mol. The van der Waals surface area contributed by atoms with Gasteiger partial charge in [0.1, 0.15) is 5.82 Å². The molecule has 1 aromatic heterocycles. The third kappa shape index (κ3) is 5.41. The van der Waals surface area contributed by atoms with E-state index in [0.29, 0.717) is 15.2 Å². The molecular formula is C18H16ClFN4OS2. The highest BCUT2D eigenvalue weighted by Gasteiger charge is 2.18. The van der Waals surface area contributed by atoms with Crippen molar-refractivity contribution in [2.24, 2.45) is 0 Å². The van der Waals surface area contributed by atoms with Crippen LogP contribution in [0.2, 0.25) is 5.02 Å². The van der Waals surface area contributed by atoms with Crippen molar-refractivity contribution in [3.63, 3.8) is 0 Å². The number of nitrogens with zero attached hydrogens (tertiary/aromatic N) is 2. The second-order valence-electron chi connectivity index (χ2n) is 5.74. The first-order valence-corrected chi connectivity index (χ1v) is 10.1. The molecule has 1 unspecified atom stereocenters. The minimum Gasteiger partial charge on any atom is -0.330 e. The molecule has 0 saturated heterocycles. The Balaban J connectivity index is 1.59. The average Bonchev–Trinajstić information content (AvgIpc) is 3.04. The van der Waals surface area contributed by atoms with Crippen LogP contribution < -0.4 is 10.6 Å². The lowest BCUT2D eigenvalue weighted by Crippen LogP contribution is -2.22. The Morgan fingerprint density at radius 3 is 2.81 bits per heavy atom. The molecule has 1 amide bonds. The van der Waals surface area contributed by atoms with Gasteiger partial charge in [-0.15, -0.1) is 10.2 Å². The fraction of sp³-hybridized carbons (Fsp3) is 0.167. The first-order chi connectivity index (χ1) is 12.9. The molecule has 0 spiro atoms. The first kappa shape index (κ1) is 19.6. The number of carbonyl (C=O) groups excluding carboxylic acids is 1. The molecule has 0 aliphatic heterocycles. The lowest BCUT2D eigenvalue weighted by atomic mass is 10.2. The van der Waals surface area contributed by atoms with E-state index >= 15 is 0 Å². The van der Waals surface area contributed by atoms with E-state index in [1.807, 2.05) is 31.2 Å². The van der Waals surface area contributed by atoms with Crippen molar-refractivity contribution in [1.29, 1.82) is 0 Å². The number of carbonyl (C=O) groups is 1. The maximum atomic E-state index is 13.1. The van der Waals surface area contributed by atoms with Gasteiger partial charge in [0.05, 0.1) is 16.0 Å². The van der Waals surface area contributed by atoms with Crippen molar-refractivity contribution in [2.45, 2.75) is 23.4 Å². The van der Waals surface area contributed by atoms with Crippen molar-refractivity contribution in [3.05, 3.63) is 58.9 Å². The van der Waals surface area contributed by atoms with Gasteiger partial charge in [0.25, 0.3) is 0 Å². The minimum absolute atomic E-state index is 0.154. The lowest BCUT2D eigenvalue weighted by Gasteiger charge is -2.11. The molecule has 3 aromatic rings. The van der Waals surface area contributed by atoms with Gasteiger partial charge in [-0.2, -0.15) is 0 Å². The van der Waals surface area contributed by atoms with Crippen LogP contribution in [0.5, 0.6) is 0 Å². The number of nitrogens with one attached hydrogen (secondary N) is 2. The molecule has 0 bridgehead atoms. The summed E-state index contributed by atoms with van der Waals surface area (Å²) in [5.41, 5.74) is 2.44. The van der Waals surface area contributed by atoms with Gasteiger partial charge in [0.2, 0.25) is 11.0 Å². The van der Waals surface area contributed by atoms with Crippen molar-refractivity contribution in [1.82, 2.24) is 10.2 Å². The van der Waals surface area contributed by atoms with E-state index in [1.165, 1.54) is 35.2 Å². The van der Waals surface area contributed by atoms with Gasteiger partial charge in [0, 0.05) is 5.69 Å². The third-order valence-corrected chi connectivity index (χ3v) is 5.85. The molecule has 140 valence electrons. The van der Waals surface area contributed by atoms with E-state index < -0.39 is 11.1 Å². The fourth-order valence-electron chi connectivity index (χ4n) is 2.18. The van der Waals surface area contributed by atoms with Gasteiger partial charge in [-0.1, -0.05) is 46.8 Å². The highest BCUT2D eigenvalue weighted by molar-refractivity contribution is 8.02. The molecule has 3 rings (SSSR count). The summed E-state index contributed by atoms with van der Waals surface area (Å²) in [5.74, 6) is -0.708. The van der Waals surface area contributed by atoms with Gasteiger partial charge < -0.3 is 10.6 Å². The predicted octanol–water partition coefficient (Wildman–Crippen LogP) is 5.50. The molecule has 0 aliphatic rings. The van der Waals surface area contributed by atoms with Crippen LogP contribution in [0.1, 0.15) is 12.5 Å². The molecule has 0 saturated carbocycles. The van der Waals surface area contributed by atoms with Gasteiger partial charge in [0.15, 0.2) is 4.34 Å². The van der Waals surface area contributed by atoms with Crippen LogP contribution in [-0.4, -0.2) is 21.4 Å². The Hall–Kier alpha value is -2.16. The quantitative estimate of drug-likeness (QED) is 0.513. The zero-order chi connectivity index (χ0) is 19.4. The smallest absolute Gasteiger partial charge is 0.237 e. The summed E-state index contributed by atoms with van der Waals surface area (Å²) in [6.07, 6.45) is 0. The Morgan fingerprint density at radius 2 is 2.07 bits per heavy atom. The van der Waals surface area contributed by atoms with E-state index in [9.17, 15) is 9.18 Å². The summed E-state index contributed by atoms with van der Waals surface area (Å²) in [4.78, 5) is 12.3. The SMILES string of the molecule is Cc1cccc(Nc2nnc(SC(C)C(=O)Nc3ccc(F)cc3Cl)s2)c1. The number of thioether (sulfide) groups is 1. The predicted molar refractivity (Wildman–Crippen MR) is 110 cm³/mol. The summed E-state index contributed by atoms with van der Waals surface area (Å²) < 4.78 is 13.8. The Labute approximate surface area is 169 Å². The van der Waals surface area contributed by atoms with Crippen LogP contribution in [0.3, 0.4) is 0 Å². The number of anilines is 3. The second kappa shape index (κ2) is 8.69. The van der Waals surface area contributed by atoms with Crippen molar-refractivity contribution >= 4 is 57.1 Å². The zero-order valence-corrected chi connectivity index (χ0v) is 16.9. The Bertz CT molecular complexity index is 966. The van der Waals surface area contributed by atoms with E-state index in [1.54, 1.807) is 6.92 Å². The maximum Gasteiger partial charge on any atom is 0.237 e. The molecule has 2 N–H and O–H groups in total. The number of aryl methyl sites for hydroxylation is 1. The van der Waals surface area contributed by atoms with Crippen molar-refractivity contribution in [3.8, 4) is 0 Å². The molecule has 9 heteroatoms. The normalized spacial score (nSPS) is 11.9. The van der Waals surface area contributed by atoms with Crippen LogP contribution in [0.25, 0.3) is 0 Å². The summed E-state index contributed by atoms with van der Waals surface area (Å²) >= 11 is 8.59. The molecule has 0 radical (unpaired) electrons. The van der Waals surface area contributed by atoms with Crippen LogP contribution in [0.4, 0.5) is 20.9 Å². The van der Waals surface area contributed by atoms with Crippen LogP contribution in [0.15, 0.2) is 46.8 Å². The van der Waals surface area contributed by atoms with Crippen LogP contribution in [0, 0.1) is 12.7 Å². The van der Waals surface area contributed by atoms with Gasteiger partial charge in [-0.25, -0.2) is 4.39 Å². The topological polar surface area (TPSA) is 66.9 Å². The molecule has 1 heterocycles. The summed E-state index contributed by atoms with van der Waals surface area (Å²) in [5, 5.41) is 14.5. The monoisotopic (exact) mass is 422 g/mol. The standard InChI is InChI=1S/C18H16ClFN4OS2/c1-10-4-3-5-13(8-10)21-17-23-24-18(27-17)26-11(2)16(25)22-15-7-6-12(20)9-14(15)19/h3-9,11H,1-2H3,(H,21,23)(H,22,25). The maximum absolute atomic E-state index is 13.1. The molecule has 5 nitrogen and oxygen atoms in total. The number of halogens is 2. The lowest BCUT2D eigenvalue weighted by molar-refractivity contribution is -0.115. The van der Waals surface area contributed by atoms with Crippen LogP contribution in [-0.2, 0) is 4.79 Å². The Morgan fingerprint density at radius 1 is 1.26 bits per heavy atom. The summed E-state index contributed by atoms with van der Waals surface area (Å²) in [7, 11) is 0. The number of hydrogen-bond donors (Lipinski definition) is 2. The van der Waals surface area contributed by atoms with Crippen molar-refractivity contribution < 1.29 is 9.18 Å². The summed E-state index contributed by atoms with van der Waals surface area (Å²) in [6.45, 7) is 3.77. The molecule has 2 aromatic carbocycles. The number of rotatable bonds is 6.